The maximum absolute atomic E-state index is 13.7. The van der Waals surface area contributed by atoms with Crippen LogP contribution < -0.4 is 11.4 Å². The molecule has 0 bridgehead atoms. The zero-order valence-electron chi connectivity index (χ0n) is 33.4. The van der Waals surface area contributed by atoms with E-state index in [9.17, 15) is 36.7 Å². The summed E-state index contributed by atoms with van der Waals surface area (Å²) in [6, 6.07) is 4.07. The molecule has 2 unspecified atom stereocenters. The summed E-state index contributed by atoms with van der Waals surface area (Å²) in [5.41, 5.74) is 0.471. The Morgan fingerprint density at radius 1 is 0.621 bits per heavy atom. The highest BCUT2D eigenvalue weighted by molar-refractivity contribution is 5.76. The van der Waals surface area contributed by atoms with Crippen LogP contribution in [0.4, 0.5) is 27.2 Å². The van der Waals surface area contributed by atoms with Gasteiger partial charge in [0, 0.05) is 99.8 Å². The van der Waals surface area contributed by atoms with E-state index in [1.165, 1.54) is 0 Å². The number of fused-ring (bicyclic) bond motifs is 2. The summed E-state index contributed by atoms with van der Waals surface area (Å²) in [6.45, 7) is 14.3. The molecule has 0 radical (unpaired) electrons. The molecule has 0 spiro atoms. The van der Waals surface area contributed by atoms with Crippen LogP contribution in [0.3, 0.4) is 0 Å². The molecule has 0 saturated carbocycles. The van der Waals surface area contributed by atoms with Gasteiger partial charge in [-0.3, -0.25) is 18.9 Å². The van der Waals surface area contributed by atoms with E-state index in [0.29, 0.717) is 61.5 Å². The van der Waals surface area contributed by atoms with Crippen LogP contribution in [0.25, 0.3) is 22.1 Å². The number of piperidine rings is 2. The fraction of sp³-hybridized carbons (Fsp3) is 0.600. The lowest BCUT2D eigenvalue weighted by atomic mass is 9.93. The Hall–Kier alpha value is -4.84. The fourth-order valence-corrected chi connectivity index (χ4v) is 9.44. The van der Waals surface area contributed by atoms with Gasteiger partial charge < -0.3 is 29.2 Å². The Balaban J connectivity index is 0.000000177. The topological polar surface area (TPSA) is 141 Å². The number of ether oxygens (including phenoxy) is 2. The minimum atomic E-state index is -0.971. The smallest absolute Gasteiger partial charge is 0.409 e. The summed E-state index contributed by atoms with van der Waals surface area (Å²) in [5.74, 6) is -3.86. The normalized spacial score (nSPS) is 23.8. The van der Waals surface area contributed by atoms with Crippen molar-refractivity contribution in [2.75, 3.05) is 65.6 Å². The van der Waals surface area contributed by atoms with Crippen LogP contribution in [0.5, 0.6) is 0 Å². The molecule has 4 aliphatic heterocycles. The molecule has 4 aliphatic rings. The molecular formula is C40H52F4N8O6. The molecule has 18 heteroatoms. The van der Waals surface area contributed by atoms with Crippen LogP contribution >= 0.6 is 0 Å². The number of benzene rings is 2. The van der Waals surface area contributed by atoms with E-state index in [1.807, 2.05) is 0 Å². The molecule has 4 fully saturated rings. The summed E-state index contributed by atoms with van der Waals surface area (Å²) in [4.78, 5) is 62.4. The largest absolute Gasteiger partial charge is 0.450 e. The number of amides is 2. The summed E-state index contributed by atoms with van der Waals surface area (Å²) < 4.78 is 67.8. The van der Waals surface area contributed by atoms with Gasteiger partial charge in [0.15, 0.2) is 23.3 Å². The summed E-state index contributed by atoms with van der Waals surface area (Å²) in [6.07, 6.45) is 4.09. The lowest BCUT2D eigenvalue weighted by Crippen LogP contribution is -2.52. The molecule has 2 aromatic heterocycles. The minimum absolute atomic E-state index is 0.0801. The number of hydrogen-bond donors (Lipinski definition) is 2. The monoisotopic (exact) mass is 816 g/mol. The number of H-pyrrole nitrogens is 2. The van der Waals surface area contributed by atoms with Crippen molar-refractivity contribution in [1.82, 2.24) is 38.7 Å². The van der Waals surface area contributed by atoms with Gasteiger partial charge in [-0.25, -0.2) is 36.7 Å². The number of carbonyl (C=O) groups excluding carboxylic acids is 2. The SMILES string of the molecule is CCOC(=O)N1CCC(C)(N2CCC(n3c(=O)[nH]c4cc(F)c(F)cc43)CC2)C1.CCOC(=O)N1CCC(C)(N2CCC(n3c(=O)[nH]c4cc(F)c(F)cc43)CC2)C1. The number of aromatic nitrogens is 4. The van der Waals surface area contributed by atoms with E-state index in [2.05, 4.69) is 33.6 Å². The van der Waals surface area contributed by atoms with E-state index < -0.39 is 23.3 Å². The Bertz CT molecular complexity index is 2120. The summed E-state index contributed by atoms with van der Waals surface area (Å²) >= 11 is 0. The molecule has 14 nitrogen and oxygen atoms in total. The molecule has 6 heterocycles. The fourth-order valence-electron chi connectivity index (χ4n) is 9.44. The van der Waals surface area contributed by atoms with E-state index in [0.717, 1.165) is 89.0 Å². The molecule has 4 saturated heterocycles. The average Bonchev–Trinajstić information content (AvgIpc) is 3.96. The van der Waals surface area contributed by atoms with Gasteiger partial charge in [-0.15, -0.1) is 0 Å². The maximum atomic E-state index is 13.7. The van der Waals surface area contributed by atoms with Crippen molar-refractivity contribution in [3.63, 3.8) is 0 Å². The Morgan fingerprint density at radius 2 is 0.966 bits per heavy atom. The van der Waals surface area contributed by atoms with Gasteiger partial charge in [-0.05, 0) is 66.2 Å². The molecule has 2 aromatic carbocycles. The van der Waals surface area contributed by atoms with Crippen molar-refractivity contribution >= 4 is 34.3 Å². The number of likely N-dealkylation sites (tertiary alicyclic amines) is 4. The third-order valence-electron chi connectivity index (χ3n) is 12.7. The van der Waals surface area contributed by atoms with E-state index in [1.54, 1.807) is 32.8 Å². The van der Waals surface area contributed by atoms with E-state index >= 15 is 0 Å². The van der Waals surface area contributed by atoms with Crippen molar-refractivity contribution in [3.8, 4) is 0 Å². The van der Waals surface area contributed by atoms with Crippen LogP contribution in [0.1, 0.15) is 78.3 Å². The zero-order valence-corrected chi connectivity index (χ0v) is 33.4. The van der Waals surface area contributed by atoms with E-state index in [4.69, 9.17) is 9.47 Å². The Labute approximate surface area is 332 Å². The van der Waals surface area contributed by atoms with Crippen molar-refractivity contribution in [1.29, 1.82) is 0 Å². The molecule has 0 aliphatic carbocycles. The number of carbonyl (C=O) groups is 2. The van der Waals surface area contributed by atoms with Gasteiger partial charge in [0.1, 0.15) is 0 Å². The summed E-state index contributed by atoms with van der Waals surface area (Å²) in [5, 5.41) is 0. The zero-order chi connectivity index (χ0) is 41.5. The predicted molar refractivity (Wildman–Crippen MR) is 208 cm³/mol. The average molecular weight is 817 g/mol. The predicted octanol–water partition coefficient (Wildman–Crippen LogP) is 5.73. The van der Waals surface area contributed by atoms with Gasteiger partial charge >= 0.3 is 23.6 Å². The first-order chi connectivity index (χ1) is 27.6. The van der Waals surface area contributed by atoms with Crippen molar-refractivity contribution in [2.24, 2.45) is 0 Å². The Kier molecular flexibility index (Phi) is 11.7. The quantitative estimate of drug-likeness (QED) is 0.235. The lowest BCUT2D eigenvalue weighted by Gasteiger charge is -2.43. The maximum Gasteiger partial charge on any atom is 0.409 e. The second kappa shape index (κ2) is 16.4. The third kappa shape index (κ3) is 7.96. The molecule has 2 N–H and O–H groups in total. The van der Waals surface area contributed by atoms with Gasteiger partial charge in [0.2, 0.25) is 0 Å². The number of imidazole rings is 2. The molecule has 8 rings (SSSR count). The highest BCUT2D eigenvalue weighted by Gasteiger charge is 2.44. The first-order valence-corrected chi connectivity index (χ1v) is 20.2. The van der Waals surface area contributed by atoms with Crippen LogP contribution in [0.2, 0.25) is 0 Å². The molecule has 4 aromatic rings. The number of aromatic amines is 2. The first-order valence-electron chi connectivity index (χ1n) is 20.2. The highest BCUT2D eigenvalue weighted by atomic mass is 19.2. The van der Waals surface area contributed by atoms with Crippen LogP contribution in [-0.4, -0.2) is 128 Å². The molecule has 2 atom stereocenters. The van der Waals surface area contributed by atoms with Crippen LogP contribution in [0, 0.1) is 23.3 Å². The second-order valence-electron chi connectivity index (χ2n) is 16.3. The lowest BCUT2D eigenvalue weighted by molar-refractivity contribution is 0.0639. The number of hydrogen-bond acceptors (Lipinski definition) is 8. The van der Waals surface area contributed by atoms with Gasteiger partial charge in [-0.2, -0.15) is 0 Å². The van der Waals surface area contributed by atoms with Crippen LogP contribution in [0.15, 0.2) is 33.9 Å². The van der Waals surface area contributed by atoms with Crippen LogP contribution in [-0.2, 0) is 9.47 Å². The molecule has 58 heavy (non-hydrogen) atoms. The molecular weight excluding hydrogens is 764 g/mol. The Morgan fingerprint density at radius 3 is 1.31 bits per heavy atom. The molecule has 2 amide bonds. The second-order valence-corrected chi connectivity index (χ2v) is 16.3. The number of halogens is 4. The van der Waals surface area contributed by atoms with Gasteiger partial charge in [-0.1, -0.05) is 0 Å². The van der Waals surface area contributed by atoms with Crippen molar-refractivity contribution in [3.05, 3.63) is 68.5 Å². The first kappa shape index (κ1) is 41.3. The molecule has 316 valence electrons. The minimum Gasteiger partial charge on any atom is -0.450 e. The standard InChI is InChI=1S/2C20H26F2N4O3/c2*1-3-29-19(28)24-9-6-20(2,12-24)25-7-4-13(5-8-25)26-17-11-15(22)14(21)10-16(17)23-18(26)27/h2*10-11,13H,3-9,12H2,1-2H3,(H,23,27). The van der Waals surface area contributed by atoms with Gasteiger partial charge in [0.05, 0.1) is 35.3 Å². The summed E-state index contributed by atoms with van der Waals surface area (Å²) in [7, 11) is 0. The van der Waals surface area contributed by atoms with Gasteiger partial charge in [0.25, 0.3) is 0 Å². The van der Waals surface area contributed by atoms with E-state index in [-0.39, 0.29) is 46.7 Å². The number of nitrogens with zero attached hydrogens (tertiary/aromatic N) is 6. The van der Waals surface area contributed by atoms with Crippen molar-refractivity contribution in [2.45, 2.75) is 89.4 Å². The highest BCUT2D eigenvalue weighted by Crippen LogP contribution is 2.36. The number of nitrogens with one attached hydrogen (secondary N) is 2. The third-order valence-corrected chi connectivity index (χ3v) is 12.7. The number of rotatable bonds is 6. The van der Waals surface area contributed by atoms with Crippen molar-refractivity contribution < 1.29 is 36.6 Å².